The van der Waals surface area contributed by atoms with Gasteiger partial charge >= 0.3 is 0 Å². The molecule has 1 aliphatic carbocycles. The number of benzene rings is 1. The zero-order valence-corrected chi connectivity index (χ0v) is 11.0. The van der Waals surface area contributed by atoms with E-state index in [1.165, 1.54) is 17.7 Å². The van der Waals surface area contributed by atoms with Gasteiger partial charge in [0.15, 0.2) is 0 Å². The van der Waals surface area contributed by atoms with E-state index < -0.39 is 0 Å². The summed E-state index contributed by atoms with van der Waals surface area (Å²) in [6, 6.07) is 11.4. The maximum absolute atomic E-state index is 5.95. The molecule has 0 saturated heterocycles. The lowest BCUT2D eigenvalue weighted by Gasteiger charge is -2.14. The Labute approximate surface area is 113 Å². The highest BCUT2D eigenvalue weighted by Crippen LogP contribution is 2.22. The van der Waals surface area contributed by atoms with Crippen molar-refractivity contribution in [1.82, 2.24) is 9.78 Å². The summed E-state index contributed by atoms with van der Waals surface area (Å²) in [5.74, 6) is 0. The standard InChI is InChI=1S/C15H20N4/c16-13-5-6-15(10-13)18-14-4-1-3-12(9-14)11-19-8-2-7-17-19/h1-4,7-9,13,15,18H,5-6,10-11,16H2. The van der Waals surface area contributed by atoms with Gasteiger partial charge in [-0.3, -0.25) is 4.68 Å². The van der Waals surface area contributed by atoms with Gasteiger partial charge in [0.2, 0.25) is 0 Å². The largest absolute Gasteiger partial charge is 0.382 e. The molecule has 4 heteroatoms. The predicted octanol–water partition coefficient (Wildman–Crippen LogP) is 2.22. The van der Waals surface area contributed by atoms with Crippen LogP contribution in [0.25, 0.3) is 0 Å². The quantitative estimate of drug-likeness (QED) is 0.882. The molecular weight excluding hydrogens is 236 g/mol. The molecule has 0 bridgehead atoms. The molecule has 0 amide bonds. The summed E-state index contributed by atoms with van der Waals surface area (Å²) in [6.07, 6.45) is 7.16. The number of rotatable bonds is 4. The Kier molecular flexibility index (Phi) is 3.51. The van der Waals surface area contributed by atoms with Gasteiger partial charge in [-0.15, -0.1) is 0 Å². The molecule has 4 nitrogen and oxygen atoms in total. The maximum Gasteiger partial charge on any atom is 0.0660 e. The van der Waals surface area contributed by atoms with E-state index in [4.69, 9.17) is 5.73 Å². The van der Waals surface area contributed by atoms with Crippen molar-refractivity contribution in [3.63, 3.8) is 0 Å². The number of anilines is 1. The van der Waals surface area contributed by atoms with Crippen LogP contribution < -0.4 is 11.1 Å². The molecule has 1 heterocycles. The second-order valence-corrected chi connectivity index (χ2v) is 5.32. The van der Waals surface area contributed by atoms with Crippen molar-refractivity contribution in [1.29, 1.82) is 0 Å². The zero-order chi connectivity index (χ0) is 13.1. The Hall–Kier alpha value is -1.81. The average Bonchev–Trinajstić information content (AvgIpc) is 3.02. The van der Waals surface area contributed by atoms with Gasteiger partial charge in [-0.05, 0) is 43.0 Å². The van der Waals surface area contributed by atoms with Crippen LogP contribution in [-0.2, 0) is 6.54 Å². The van der Waals surface area contributed by atoms with Gasteiger partial charge in [-0.1, -0.05) is 12.1 Å². The monoisotopic (exact) mass is 256 g/mol. The van der Waals surface area contributed by atoms with Crippen LogP contribution in [0.2, 0.25) is 0 Å². The van der Waals surface area contributed by atoms with Crippen molar-refractivity contribution in [3.8, 4) is 0 Å². The first kappa shape index (κ1) is 12.2. The molecule has 100 valence electrons. The predicted molar refractivity (Wildman–Crippen MR) is 77.0 cm³/mol. The Balaban J connectivity index is 1.66. The number of nitrogens with two attached hydrogens (primary N) is 1. The minimum absolute atomic E-state index is 0.366. The van der Waals surface area contributed by atoms with Crippen molar-refractivity contribution < 1.29 is 0 Å². The molecule has 0 radical (unpaired) electrons. The fourth-order valence-electron chi connectivity index (χ4n) is 2.72. The van der Waals surface area contributed by atoms with Gasteiger partial charge in [0.25, 0.3) is 0 Å². The number of hydrogen-bond acceptors (Lipinski definition) is 3. The third-order valence-corrected chi connectivity index (χ3v) is 3.67. The molecule has 1 fully saturated rings. The van der Waals surface area contributed by atoms with Crippen LogP contribution in [0.4, 0.5) is 5.69 Å². The average molecular weight is 256 g/mol. The molecule has 0 spiro atoms. The van der Waals surface area contributed by atoms with E-state index >= 15 is 0 Å². The Morgan fingerprint density at radius 1 is 1.32 bits per heavy atom. The van der Waals surface area contributed by atoms with E-state index in [-0.39, 0.29) is 0 Å². The number of nitrogens with one attached hydrogen (secondary N) is 1. The van der Waals surface area contributed by atoms with Crippen LogP contribution in [0.5, 0.6) is 0 Å². The summed E-state index contributed by atoms with van der Waals surface area (Å²) < 4.78 is 1.94. The van der Waals surface area contributed by atoms with Crippen LogP contribution in [0.1, 0.15) is 24.8 Å². The third kappa shape index (κ3) is 3.15. The first-order valence-electron chi connectivity index (χ1n) is 6.88. The smallest absolute Gasteiger partial charge is 0.0660 e. The van der Waals surface area contributed by atoms with Gasteiger partial charge in [-0.2, -0.15) is 5.10 Å². The number of hydrogen-bond donors (Lipinski definition) is 2. The summed E-state index contributed by atoms with van der Waals surface area (Å²) in [7, 11) is 0. The molecule has 1 aromatic heterocycles. The second kappa shape index (κ2) is 5.45. The highest BCUT2D eigenvalue weighted by atomic mass is 15.3. The lowest BCUT2D eigenvalue weighted by Crippen LogP contribution is -2.20. The number of aromatic nitrogens is 2. The lowest BCUT2D eigenvalue weighted by molar-refractivity contribution is 0.683. The van der Waals surface area contributed by atoms with Gasteiger partial charge in [0.05, 0.1) is 6.54 Å². The molecule has 0 aliphatic heterocycles. The first-order chi connectivity index (χ1) is 9.29. The summed E-state index contributed by atoms with van der Waals surface area (Å²) in [5.41, 5.74) is 8.39. The molecule has 1 saturated carbocycles. The fourth-order valence-corrected chi connectivity index (χ4v) is 2.72. The molecule has 3 N–H and O–H groups in total. The molecule has 2 unspecified atom stereocenters. The minimum Gasteiger partial charge on any atom is -0.382 e. The van der Waals surface area contributed by atoms with Gasteiger partial charge in [0.1, 0.15) is 0 Å². The Morgan fingerprint density at radius 3 is 3.00 bits per heavy atom. The fraction of sp³-hybridized carbons (Fsp3) is 0.400. The first-order valence-corrected chi connectivity index (χ1v) is 6.88. The minimum atomic E-state index is 0.366. The highest BCUT2D eigenvalue weighted by molar-refractivity contribution is 5.46. The molecular formula is C15H20N4. The van der Waals surface area contributed by atoms with Gasteiger partial charge < -0.3 is 11.1 Å². The highest BCUT2D eigenvalue weighted by Gasteiger charge is 2.21. The number of nitrogens with zero attached hydrogens (tertiary/aromatic N) is 2. The molecule has 3 rings (SSSR count). The van der Waals surface area contributed by atoms with Crippen molar-refractivity contribution in [3.05, 3.63) is 48.3 Å². The molecule has 2 atom stereocenters. The Bertz CT molecular complexity index is 521. The summed E-state index contributed by atoms with van der Waals surface area (Å²) in [4.78, 5) is 0. The van der Waals surface area contributed by atoms with Crippen molar-refractivity contribution in [2.24, 2.45) is 5.73 Å². The van der Waals surface area contributed by atoms with E-state index in [1.54, 1.807) is 0 Å². The lowest BCUT2D eigenvalue weighted by atomic mass is 10.1. The van der Waals surface area contributed by atoms with Crippen molar-refractivity contribution >= 4 is 5.69 Å². The molecule has 2 aromatic rings. The van der Waals surface area contributed by atoms with E-state index in [0.717, 1.165) is 19.4 Å². The van der Waals surface area contributed by atoms with E-state index in [0.29, 0.717) is 12.1 Å². The van der Waals surface area contributed by atoms with Crippen LogP contribution in [0.3, 0.4) is 0 Å². The summed E-state index contributed by atoms with van der Waals surface area (Å²) >= 11 is 0. The Morgan fingerprint density at radius 2 is 2.26 bits per heavy atom. The van der Waals surface area contributed by atoms with Gasteiger partial charge in [0, 0.05) is 30.2 Å². The normalized spacial score (nSPS) is 22.6. The van der Waals surface area contributed by atoms with Gasteiger partial charge in [-0.25, -0.2) is 0 Å². The van der Waals surface area contributed by atoms with Crippen LogP contribution >= 0.6 is 0 Å². The maximum atomic E-state index is 5.95. The molecule has 1 aliphatic rings. The topological polar surface area (TPSA) is 55.9 Å². The van der Waals surface area contributed by atoms with E-state index in [2.05, 4.69) is 34.7 Å². The van der Waals surface area contributed by atoms with Crippen molar-refractivity contribution in [2.45, 2.75) is 37.9 Å². The summed E-state index contributed by atoms with van der Waals surface area (Å²) in [6.45, 7) is 0.812. The van der Waals surface area contributed by atoms with E-state index in [9.17, 15) is 0 Å². The molecule has 19 heavy (non-hydrogen) atoms. The zero-order valence-electron chi connectivity index (χ0n) is 11.0. The molecule has 1 aromatic carbocycles. The second-order valence-electron chi connectivity index (χ2n) is 5.32. The van der Waals surface area contributed by atoms with Crippen LogP contribution in [0, 0.1) is 0 Å². The SMILES string of the molecule is NC1CCC(Nc2cccc(Cn3cccn3)c2)C1. The van der Waals surface area contributed by atoms with E-state index in [1.807, 2.05) is 23.1 Å². The van der Waals surface area contributed by atoms with Crippen LogP contribution in [0.15, 0.2) is 42.7 Å². The summed E-state index contributed by atoms with van der Waals surface area (Å²) in [5, 5.41) is 7.82. The third-order valence-electron chi connectivity index (χ3n) is 3.67. The van der Waals surface area contributed by atoms with Crippen LogP contribution in [-0.4, -0.2) is 21.9 Å². The van der Waals surface area contributed by atoms with Crippen molar-refractivity contribution in [2.75, 3.05) is 5.32 Å².